The van der Waals surface area contributed by atoms with Crippen LogP contribution < -0.4 is 5.73 Å². The second-order valence-corrected chi connectivity index (χ2v) is 5.91. The molecule has 2 N–H and O–H groups in total. The fourth-order valence-electron chi connectivity index (χ4n) is 1.66. The van der Waals surface area contributed by atoms with Gasteiger partial charge in [0.05, 0.1) is 16.7 Å². The first-order valence-electron chi connectivity index (χ1n) is 5.78. The molecule has 15 heavy (non-hydrogen) atoms. The molecule has 1 heterocycles. The predicted molar refractivity (Wildman–Crippen MR) is 65.1 cm³/mol. The van der Waals surface area contributed by atoms with Crippen LogP contribution in [0.4, 0.5) is 0 Å². The first-order chi connectivity index (χ1) is 7.07. The van der Waals surface area contributed by atoms with Crippen LogP contribution >= 0.6 is 11.3 Å². The van der Waals surface area contributed by atoms with Crippen LogP contribution in [-0.4, -0.2) is 4.98 Å². The lowest BCUT2D eigenvalue weighted by Gasteiger charge is -2.15. The van der Waals surface area contributed by atoms with Gasteiger partial charge >= 0.3 is 0 Å². The van der Waals surface area contributed by atoms with Gasteiger partial charge in [0.25, 0.3) is 0 Å². The average molecular weight is 224 g/mol. The Kier molecular flexibility index (Phi) is 2.86. The van der Waals surface area contributed by atoms with E-state index in [1.54, 1.807) is 11.3 Å². The van der Waals surface area contributed by atoms with E-state index in [0.717, 1.165) is 12.1 Å². The summed E-state index contributed by atoms with van der Waals surface area (Å²) in [6.07, 6.45) is 3.70. The van der Waals surface area contributed by atoms with Crippen LogP contribution in [0, 0.1) is 5.92 Å². The number of nitrogens with zero attached hydrogens (tertiary/aromatic N) is 1. The topological polar surface area (TPSA) is 38.9 Å². The lowest BCUT2D eigenvalue weighted by Crippen LogP contribution is -2.19. The molecule has 1 aromatic heterocycles. The smallest absolute Gasteiger partial charge is 0.0988 e. The Morgan fingerprint density at radius 1 is 1.60 bits per heavy atom. The number of nitrogens with two attached hydrogens (primary N) is 1. The van der Waals surface area contributed by atoms with Crippen LogP contribution in [0.3, 0.4) is 0 Å². The molecule has 0 bridgehead atoms. The third kappa shape index (κ3) is 2.08. The first-order valence-corrected chi connectivity index (χ1v) is 6.66. The molecule has 0 radical (unpaired) electrons. The third-order valence-corrected chi connectivity index (χ3v) is 4.80. The van der Waals surface area contributed by atoms with Gasteiger partial charge in [0.1, 0.15) is 0 Å². The van der Waals surface area contributed by atoms with Gasteiger partial charge in [0, 0.05) is 10.8 Å². The zero-order valence-electron chi connectivity index (χ0n) is 9.79. The maximum Gasteiger partial charge on any atom is 0.0988 e. The SMILES string of the molecule is CCC(C)C(N)c1csc(C2(C)CC2)n1. The molecule has 1 aliphatic rings. The maximum atomic E-state index is 6.17. The Hall–Kier alpha value is -0.410. The van der Waals surface area contributed by atoms with Crippen LogP contribution in [0.15, 0.2) is 5.38 Å². The minimum Gasteiger partial charge on any atom is -0.322 e. The average Bonchev–Trinajstić information content (AvgIpc) is 2.83. The van der Waals surface area contributed by atoms with Crippen molar-refractivity contribution in [1.82, 2.24) is 4.98 Å². The third-order valence-electron chi connectivity index (χ3n) is 3.64. The fourth-order valence-corrected chi connectivity index (χ4v) is 2.75. The van der Waals surface area contributed by atoms with Crippen molar-refractivity contribution in [2.24, 2.45) is 11.7 Å². The summed E-state index contributed by atoms with van der Waals surface area (Å²) < 4.78 is 0. The van der Waals surface area contributed by atoms with E-state index in [2.05, 4.69) is 26.2 Å². The summed E-state index contributed by atoms with van der Waals surface area (Å²) in [5.74, 6) is 0.520. The van der Waals surface area contributed by atoms with Crippen LogP contribution in [0.25, 0.3) is 0 Å². The Morgan fingerprint density at radius 2 is 2.27 bits per heavy atom. The van der Waals surface area contributed by atoms with E-state index >= 15 is 0 Å². The Bertz CT molecular complexity index is 341. The molecular formula is C12H20N2S. The molecule has 0 aromatic carbocycles. The Balaban J connectivity index is 2.13. The summed E-state index contributed by atoms with van der Waals surface area (Å²) in [5.41, 5.74) is 7.65. The van der Waals surface area contributed by atoms with Gasteiger partial charge in [0.2, 0.25) is 0 Å². The molecule has 0 aliphatic heterocycles. The quantitative estimate of drug-likeness (QED) is 0.852. The summed E-state index contributed by atoms with van der Waals surface area (Å²) >= 11 is 1.78. The molecule has 0 spiro atoms. The van der Waals surface area contributed by atoms with Crippen molar-refractivity contribution in [2.45, 2.75) is 51.5 Å². The van der Waals surface area contributed by atoms with E-state index in [0.29, 0.717) is 11.3 Å². The van der Waals surface area contributed by atoms with Gasteiger partial charge in [0.15, 0.2) is 0 Å². The number of aromatic nitrogens is 1. The van der Waals surface area contributed by atoms with Crippen LogP contribution in [0.5, 0.6) is 0 Å². The number of thiazole rings is 1. The van der Waals surface area contributed by atoms with Crippen molar-refractivity contribution in [3.8, 4) is 0 Å². The van der Waals surface area contributed by atoms with Gasteiger partial charge < -0.3 is 5.73 Å². The van der Waals surface area contributed by atoms with Crippen molar-refractivity contribution in [2.75, 3.05) is 0 Å². The standard InChI is InChI=1S/C12H20N2S/c1-4-8(2)10(13)9-7-15-11(14-9)12(3)5-6-12/h7-8,10H,4-6,13H2,1-3H3. The van der Waals surface area contributed by atoms with Crippen molar-refractivity contribution >= 4 is 11.3 Å². The number of rotatable bonds is 4. The fraction of sp³-hybridized carbons (Fsp3) is 0.750. The molecule has 1 aliphatic carbocycles. The molecule has 2 nitrogen and oxygen atoms in total. The van der Waals surface area contributed by atoms with Gasteiger partial charge in [-0.1, -0.05) is 27.2 Å². The van der Waals surface area contributed by atoms with Crippen molar-refractivity contribution in [3.05, 3.63) is 16.1 Å². The second-order valence-electron chi connectivity index (χ2n) is 5.05. The Morgan fingerprint density at radius 3 is 2.80 bits per heavy atom. The van der Waals surface area contributed by atoms with E-state index in [4.69, 9.17) is 10.7 Å². The summed E-state index contributed by atoms with van der Waals surface area (Å²) in [6, 6.07) is 0.113. The van der Waals surface area contributed by atoms with Crippen molar-refractivity contribution < 1.29 is 0 Å². The lowest BCUT2D eigenvalue weighted by atomic mass is 9.98. The lowest BCUT2D eigenvalue weighted by molar-refractivity contribution is 0.449. The minimum absolute atomic E-state index is 0.113. The summed E-state index contributed by atoms with van der Waals surface area (Å²) in [4.78, 5) is 4.71. The van der Waals surface area contributed by atoms with Gasteiger partial charge in [-0.2, -0.15) is 0 Å². The molecule has 3 heteroatoms. The summed E-state index contributed by atoms with van der Waals surface area (Å²) in [7, 11) is 0. The zero-order valence-corrected chi connectivity index (χ0v) is 10.6. The maximum absolute atomic E-state index is 6.17. The van der Waals surface area contributed by atoms with E-state index in [1.807, 2.05) is 0 Å². The Labute approximate surface area is 95.9 Å². The highest BCUT2D eigenvalue weighted by atomic mass is 32.1. The molecule has 2 unspecified atom stereocenters. The molecule has 1 saturated carbocycles. The molecular weight excluding hydrogens is 204 g/mol. The van der Waals surface area contributed by atoms with E-state index in [1.165, 1.54) is 17.8 Å². The van der Waals surface area contributed by atoms with Crippen LogP contribution in [0.1, 0.15) is 56.8 Å². The molecule has 84 valence electrons. The molecule has 1 fully saturated rings. The van der Waals surface area contributed by atoms with Gasteiger partial charge in [-0.3, -0.25) is 0 Å². The first kappa shape index (κ1) is 11.1. The van der Waals surface area contributed by atoms with Crippen LogP contribution in [-0.2, 0) is 5.41 Å². The molecule has 2 rings (SSSR count). The minimum atomic E-state index is 0.113. The van der Waals surface area contributed by atoms with Crippen LogP contribution in [0.2, 0.25) is 0 Å². The summed E-state index contributed by atoms with van der Waals surface area (Å²) in [6.45, 7) is 6.67. The molecule has 0 saturated heterocycles. The molecule has 2 atom stereocenters. The highest BCUT2D eigenvalue weighted by Gasteiger charge is 2.42. The largest absolute Gasteiger partial charge is 0.322 e. The number of hydrogen-bond acceptors (Lipinski definition) is 3. The van der Waals surface area contributed by atoms with E-state index in [9.17, 15) is 0 Å². The van der Waals surface area contributed by atoms with Crippen molar-refractivity contribution in [1.29, 1.82) is 0 Å². The highest BCUT2D eigenvalue weighted by Crippen LogP contribution is 2.48. The second kappa shape index (κ2) is 3.87. The van der Waals surface area contributed by atoms with Gasteiger partial charge in [-0.25, -0.2) is 4.98 Å². The zero-order chi connectivity index (χ0) is 11.1. The molecule has 1 aromatic rings. The van der Waals surface area contributed by atoms with E-state index in [-0.39, 0.29) is 6.04 Å². The van der Waals surface area contributed by atoms with Gasteiger partial charge in [-0.15, -0.1) is 11.3 Å². The van der Waals surface area contributed by atoms with Crippen molar-refractivity contribution in [3.63, 3.8) is 0 Å². The number of hydrogen-bond donors (Lipinski definition) is 1. The normalized spacial score (nSPS) is 22.4. The van der Waals surface area contributed by atoms with E-state index < -0.39 is 0 Å². The molecule has 0 amide bonds. The predicted octanol–water partition coefficient (Wildman–Crippen LogP) is 3.24. The highest BCUT2D eigenvalue weighted by molar-refractivity contribution is 7.09. The monoisotopic (exact) mass is 224 g/mol. The van der Waals surface area contributed by atoms with Gasteiger partial charge in [-0.05, 0) is 18.8 Å². The summed E-state index contributed by atoms with van der Waals surface area (Å²) in [5, 5.41) is 3.44.